The van der Waals surface area contributed by atoms with Crippen molar-refractivity contribution >= 4 is 10.9 Å². The van der Waals surface area contributed by atoms with Gasteiger partial charge in [-0.15, -0.1) is 0 Å². The number of hydrogen-bond donors (Lipinski definition) is 1. The number of nitrogens with one attached hydrogen (secondary N) is 1. The third kappa shape index (κ3) is 3.41. The van der Waals surface area contributed by atoms with E-state index in [0.29, 0.717) is 23.3 Å². The fourth-order valence-corrected chi connectivity index (χ4v) is 2.82. The Balaban J connectivity index is 1.91. The van der Waals surface area contributed by atoms with Crippen LogP contribution in [0.2, 0.25) is 0 Å². The predicted molar refractivity (Wildman–Crippen MR) is 92.4 cm³/mol. The van der Waals surface area contributed by atoms with Crippen LogP contribution >= 0.6 is 0 Å². The zero-order valence-electron chi connectivity index (χ0n) is 13.8. The number of methoxy groups -OCH3 is 1. The van der Waals surface area contributed by atoms with Gasteiger partial charge >= 0.3 is 0 Å². The third-order valence-electron chi connectivity index (χ3n) is 4.11. The number of pyridine rings is 1. The predicted octanol–water partition coefficient (Wildman–Crippen LogP) is 3.88. The third-order valence-corrected chi connectivity index (χ3v) is 4.11. The second kappa shape index (κ2) is 7.01. The number of nitrogens with zero attached hydrogens (tertiary/aromatic N) is 1. The van der Waals surface area contributed by atoms with Gasteiger partial charge in [0.25, 0.3) is 0 Å². The summed E-state index contributed by atoms with van der Waals surface area (Å²) in [6.45, 7) is 1.46. The second-order valence-corrected chi connectivity index (χ2v) is 5.90. The summed E-state index contributed by atoms with van der Waals surface area (Å²) < 4.78 is 24.7. The van der Waals surface area contributed by atoms with Gasteiger partial charge in [-0.25, -0.2) is 4.39 Å². The van der Waals surface area contributed by atoms with Crippen molar-refractivity contribution < 1.29 is 13.9 Å². The number of dihydropyridines is 1. The van der Waals surface area contributed by atoms with Crippen molar-refractivity contribution in [3.8, 4) is 5.75 Å². The molecule has 1 aliphatic heterocycles. The molecule has 126 valence electrons. The van der Waals surface area contributed by atoms with Crippen LogP contribution in [-0.4, -0.2) is 23.9 Å². The van der Waals surface area contributed by atoms with Gasteiger partial charge in [0.1, 0.15) is 12.4 Å². The van der Waals surface area contributed by atoms with Gasteiger partial charge < -0.3 is 14.8 Å². The summed E-state index contributed by atoms with van der Waals surface area (Å²) in [5.41, 5.74) is 0.552. The van der Waals surface area contributed by atoms with Gasteiger partial charge in [-0.05, 0) is 25.1 Å². The Kier molecular flexibility index (Phi) is 4.81. The van der Waals surface area contributed by atoms with Gasteiger partial charge in [0.2, 0.25) is 5.72 Å². The molecule has 0 fully saturated rings. The number of para-hydroxylation sites is 1. The van der Waals surface area contributed by atoms with Crippen LogP contribution in [-0.2, 0) is 11.4 Å². The van der Waals surface area contributed by atoms with Crippen molar-refractivity contribution in [2.24, 2.45) is 0 Å². The minimum atomic E-state index is -0.697. The van der Waals surface area contributed by atoms with Crippen molar-refractivity contribution in [1.82, 2.24) is 10.3 Å². The first kappa shape index (κ1) is 16.5. The molecule has 1 N–H and O–H groups in total. The monoisotopic (exact) mass is 328 g/mol. The van der Waals surface area contributed by atoms with Gasteiger partial charge in [-0.1, -0.05) is 24.3 Å². The van der Waals surface area contributed by atoms with Crippen molar-refractivity contribution in [1.29, 1.82) is 0 Å². The molecule has 4 nitrogen and oxygen atoms in total. The number of ether oxygens (including phenoxy) is 2. The fraction of sp³-hybridized carbons (Fsp3) is 0.316. The Morgan fingerprint density at radius 2 is 2.21 bits per heavy atom. The molecule has 1 aromatic carbocycles. The average molecular weight is 328 g/mol. The van der Waals surface area contributed by atoms with Gasteiger partial charge in [-0.3, -0.25) is 4.98 Å². The molecule has 2 unspecified atom stereocenters. The molecular formula is C19H21FN2O2. The number of aromatic nitrogens is 1. The zero-order valence-corrected chi connectivity index (χ0v) is 13.8. The molecule has 2 aromatic rings. The number of halogens is 1. The maximum Gasteiger partial charge on any atom is 0.202 e. The van der Waals surface area contributed by atoms with Crippen molar-refractivity contribution in [3.63, 3.8) is 0 Å². The molecule has 2 atom stereocenters. The number of hydrogen-bond acceptors (Lipinski definition) is 4. The highest BCUT2D eigenvalue weighted by molar-refractivity contribution is 5.82. The number of fused-ring (bicyclic) bond motifs is 1. The molecule has 1 aromatic heterocycles. The van der Waals surface area contributed by atoms with Gasteiger partial charge in [0.05, 0.1) is 17.8 Å². The normalized spacial score (nSPS) is 20.8. The van der Waals surface area contributed by atoms with E-state index in [-0.39, 0.29) is 6.10 Å². The molecule has 0 amide bonds. The molecule has 0 saturated carbocycles. The number of benzene rings is 1. The fourth-order valence-electron chi connectivity index (χ4n) is 2.82. The van der Waals surface area contributed by atoms with Crippen LogP contribution in [0.15, 0.2) is 54.9 Å². The summed E-state index contributed by atoms with van der Waals surface area (Å²) in [4.78, 5) is 4.38. The lowest BCUT2D eigenvalue weighted by Gasteiger charge is -2.35. The topological polar surface area (TPSA) is 43.4 Å². The summed E-state index contributed by atoms with van der Waals surface area (Å²) in [5.74, 6) is 0.620. The Morgan fingerprint density at radius 1 is 1.33 bits per heavy atom. The second-order valence-electron chi connectivity index (χ2n) is 5.90. The van der Waals surface area contributed by atoms with E-state index >= 15 is 0 Å². The van der Waals surface area contributed by atoms with E-state index in [1.165, 1.54) is 0 Å². The Morgan fingerprint density at radius 3 is 2.92 bits per heavy atom. The molecule has 24 heavy (non-hydrogen) atoms. The van der Waals surface area contributed by atoms with E-state index in [2.05, 4.69) is 10.3 Å². The van der Waals surface area contributed by atoms with Crippen LogP contribution < -0.4 is 10.1 Å². The number of alkyl halides is 1. The molecule has 0 radical (unpaired) electrons. The maximum absolute atomic E-state index is 13.1. The van der Waals surface area contributed by atoms with Gasteiger partial charge in [0, 0.05) is 30.7 Å². The Bertz CT molecular complexity index is 775. The lowest BCUT2D eigenvalue weighted by atomic mass is 10.0. The lowest BCUT2D eigenvalue weighted by molar-refractivity contribution is 0.0164. The van der Waals surface area contributed by atoms with E-state index in [9.17, 15) is 4.39 Å². The van der Waals surface area contributed by atoms with Crippen molar-refractivity contribution in [2.45, 2.75) is 31.8 Å². The van der Waals surface area contributed by atoms with E-state index in [0.717, 1.165) is 5.39 Å². The minimum absolute atomic E-state index is 0.0141. The molecular weight excluding hydrogens is 307 g/mol. The van der Waals surface area contributed by atoms with Gasteiger partial charge in [0.15, 0.2) is 0 Å². The average Bonchev–Trinajstić information content (AvgIpc) is 2.61. The van der Waals surface area contributed by atoms with E-state index in [4.69, 9.17) is 9.47 Å². The van der Waals surface area contributed by atoms with E-state index < -0.39 is 12.4 Å². The van der Waals surface area contributed by atoms with Crippen LogP contribution in [0.4, 0.5) is 4.39 Å². The molecule has 0 bridgehead atoms. The number of rotatable bonds is 6. The first-order valence-corrected chi connectivity index (χ1v) is 7.93. The molecule has 5 heteroatoms. The zero-order chi connectivity index (χ0) is 17.0. The van der Waals surface area contributed by atoms with Crippen LogP contribution in [0.25, 0.3) is 10.9 Å². The first-order chi connectivity index (χ1) is 11.7. The molecule has 2 heterocycles. The Labute approximate surface area is 141 Å². The first-order valence-electron chi connectivity index (χ1n) is 7.93. The smallest absolute Gasteiger partial charge is 0.202 e. The van der Waals surface area contributed by atoms with Crippen LogP contribution in [0.3, 0.4) is 0 Å². The summed E-state index contributed by atoms with van der Waals surface area (Å²) >= 11 is 0. The van der Waals surface area contributed by atoms with E-state index in [1.54, 1.807) is 19.4 Å². The Hall–Kier alpha value is -2.40. The molecule has 1 aliphatic rings. The molecule has 0 spiro atoms. The molecule has 0 aliphatic carbocycles. The minimum Gasteiger partial charge on any atom is -0.463 e. The SMILES string of the molecule is COC(C)CC1(Oc2cnc3c(CF)cccc3c2)C=CC=CN1. The maximum atomic E-state index is 13.1. The van der Waals surface area contributed by atoms with E-state index in [1.807, 2.05) is 49.6 Å². The number of allylic oxidation sites excluding steroid dienone is 2. The quantitative estimate of drug-likeness (QED) is 0.874. The summed E-state index contributed by atoms with van der Waals surface area (Å²) in [5, 5.41) is 4.11. The summed E-state index contributed by atoms with van der Waals surface area (Å²) in [7, 11) is 1.68. The van der Waals surface area contributed by atoms with Crippen molar-refractivity contribution in [3.05, 3.63) is 60.5 Å². The van der Waals surface area contributed by atoms with Crippen LogP contribution in [0.5, 0.6) is 5.75 Å². The standard InChI is InChI=1S/C19H21FN2O2/c1-14(23-2)11-19(8-3-4-9-22-19)24-17-10-15-6-5-7-16(12-20)18(15)21-13-17/h3-10,13-14,22H,11-12H2,1-2H3. The van der Waals surface area contributed by atoms with Gasteiger partial charge in [-0.2, -0.15) is 0 Å². The molecule has 3 rings (SSSR count). The van der Waals surface area contributed by atoms with Crippen LogP contribution in [0, 0.1) is 0 Å². The molecule has 0 saturated heterocycles. The highest BCUT2D eigenvalue weighted by Crippen LogP contribution is 2.28. The highest BCUT2D eigenvalue weighted by atomic mass is 19.1. The summed E-state index contributed by atoms with van der Waals surface area (Å²) in [6.07, 6.45) is 9.93. The van der Waals surface area contributed by atoms with Crippen LogP contribution in [0.1, 0.15) is 18.9 Å². The largest absolute Gasteiger partial charge is 0.463 e. The van der Waals surface area contributed by atoms with Crippen molar-refractivity contribution in [2.75, 3.05) is 7.11 Å². The highest BCUT2D eigenvalue weighted by Gasteiger charge is 2.31. The lowest BCUT2D eigenvalue weighted by Crippen LogP contribution is -2.49. The summed E-state index contributed by atoms with van der Waals surface area (Å²) in [6, 6.07) is 7.36.